The number of pyridine rings is 1. The lowest BCUT2D eigenvalue weighted by Crippen LogP contribution is -2.38. The van der Waals surface area contributed by atoms with E-state index in [1.807, 2.05) is 32.0 Å². The van der Waals surface area contributed by atoms with E-state index >= 15 is 0 Å². The molecule has 1 fully saturated rings. The second kappa shape index (κ2) is 8.69. The molecule has 0 radical (unpaired) electrons. The van der Waals surface area contributed by atoms with Crippen LogP contribution in [0.1, 0.15) is 49.0 Å². The van der Waals surface area contributed by atoms with Crippen molar-refractivity contribution in [3.63, 3.8) is 0 Å². The Bertz CT molecular complexity index is 885. The number of aromatic hydroxyl groups is 1. The summed E-state index contributed by atoms with van der Waals surface area (Å²) in [5.74, 6) is 1.38. The van der Waals surface area contributed by atoms with Gasteiger partial charge in [-0.15, -0.1) is 0 Å². The third kappa shape index (κ3) is 3.74. The van der Waals surface area contributed by atoms with E-state index in [4.69, 9.17) is 9.47 Å². The van der Waals surface area contributed by atoms with Gasteiger partial charge < -0.3 is 19.1 Å². The maximum absolute atomic E-state index is 13.3. The van der Waals surface area contributed by atoms with Crippen molar-refractivity contribution >= 4 is 0 Å². The number of hydrogen-bond donors (Lipinski definition) is 1. The van der Waals surface area contributed by atoms with E-state index in [9.17, 15) is 9.90 Å². The molecule has 28 heavy (non-hydrogen) atoms. The Kier molecular flexibility index (Phi) is 6.29. The lowest BCUT2D eigenvalue weighted by atomic mass is 9.93. The monoisotopic (exact) mass is 386 g/mol. The van der Waals surface area contributed by atoms with Gasteiger partial charge in [-0.3, -0.25) is 9.69 Å². The number of likely N-dealkylation sites (tertiary alicyclic amines) is 1. The van der Waals surface area contributed by atoms with Crippen LogP contribution in [-0.2, 0) is 6.54 Å². The SMILES string of the molecule is CCn1c(C)cc(O)c([C@H](c2ccc(OC)cc2OC)N2CCCCC2)c1=O. The Balaban J connectivity index is 2.24. The summed E-state index contributed by atoms with van der Waals surface area (Å²) >= 11 is 0. The number of benzene rings is 1. The van der Waals surface area contributed by atoms with E-state index in [1.54, 1.807) is 24.9 Å². The van der Waals surface area contributed by atoms with E-state index < -0.39 is 0 Å². The van der Waals surface area contributed by atoms with Gasteiger partial charge >= 0.3 is 0 Å². The fourth-order valence-corrected chi connectivity index (χ4v) is 4.17. The Labute approximate surface area is 166 Å². The summed E-state index contributed by atoms with van der Waals surface area (Å²) in [6, 6.07) is 6.96. The van der Waals surface area contributed by atoms with Crippen LogP contribution in [0, 0.1) is 6.92 Å². The molecule has 0 unspecified atom stereocenters. The molecule has 1 aliphatic heterocycles. The van der Waals surface area contributed by atoms with Crippen LogP contribution in [0.2, 0.25) is 0 Å². The maximum atomic E-state index is 13.3. The summed E-state index contributed by atoms with van der Waals surface area (Å²) in [6.45, 7) is 6.10. The second-order valence-electron chi connectivity index (χ2n) is 7.24. The minimum Gasteiger partial charge on any atom is -0.507 e. The minimum absolute atomic E-state index is 0.0423. The van der Waals surface area contributed by atoms with Crippen LogP contribution in [0.5, 0.6) is 17.2 Å². The van der Waals surface area contributed by atoms with E-state index in [0.717, 1.165) is 37.2 Å². The number of methoxy groups -OCH3 is 2. The smallest absolute Gasteiger partial charge is 0.259 e. The van der Waals surface area contributed by atoms with Gasteiger partial charge in [0, 0.05) is 23.9 Å². The van der Waals surface area contributed by atoms with E-state index in [0.29, 0.717) is 23.6 Å². The summed E-state index contributed by atoms with van der Waals surface area (Å²) in [6.07, 6.45) is 3.33. The fourth-order valence-electron chi connectivity index (χ4n) is 4.17. The standard InChI is InChI=1S/C22H30N2O4/c1-5-24-15(2)13-18(25)20(22(24)26)21(23-11-7-6-8-12-23)17-10-9-16(27-3)14-19(17)28-4/h9-10,13-14,21,25H,5-8,11-12H2,1-4H3/t21-/m0/s1. The Morgan fingerprint density at radius 1 is 1.11 bits per heavy atom. The summed E-state index contributed by atoms with van der Waals surface area (Å²) in [7, 11) is 3.23. The third-order valence-corrected chi connectivity index (χ3v) is 5.60. The van der Waals surface area contributed by atoms with Crippen molar-refractivity contribution in [1.82, 2.24) is 9.47 Å². The summed E-state index contributed by atoms with van der Waals surface area (Å²) in [5, 5.41) is 10.8. The Hall–Kier alpha value is -2.47. The highest BCUT2D eigenvalue weighted by atomic mass is 16.5. The zero-order valence-corrected chi connectivity index (χ0v) is 17.2. The van der Waals surface area contributed by atoms with Gasteiger partial charge in [-0.05, 0) is 58.0 Å². The van der Waals surface area contributed by atoms with Crippen LogP contribution < -0.4 is 15.0 Å². The van der Waals surface area contributed by atoms with Crippen molar-refractivity contribution in [2.75, 3.05) is 27.3 Å². The molecule has 0 saturated carbocycles. The molecule has 0 spiro atoms. The van der Waals surface area contributed by atoms with Crippen LogP contribution in [0.15, 0.2) is 29.1 Å². The number of rotatable bonds is 6. The topological polar surface area (TPSA) is 63.9 Å². The largest absolute Gasteiger partial charge is 0.507 e. The van der Waals surface area contributed by atoms with Crippen molar-refractivity contribution in [3.8, 4) is 17.2 Å². The molecule has 1 aromatic heterocycles. The van der Waals surface area contributed by atoms with Gasteiger partial charge in [0.1, 0.15) is 17.2 Å². The Morgan fingerprint density at radius 2 is 1.82 bits per heavy atom. The molecule has 152 valence electrons. The molecule has 2 heterocycles. The molecule has 0 aliphatic carbocycles. The molecule has 1 N–H and O–H groups in total. The quantitative estimate of drug-likeness (QED) is 0.824. The summed E-state index contributed by atoms with van der Waals surface area (Å²) in [4.78, 5) is 15.6. The van der Waals surface area contributed by atoms with Gasteiger partial charge in [0.25, 0.3) is 5.56 Å². The zero-order valence-electron chi connectivity index (χ0n) is 17.2. The van der Waals surface area contributed by atoms with Crippen LogP contribution in [0.4, 0.5) is 0 Å². The van der Waals surface area contributed by atoms with Gasteiger partial charge in [-0.1, -0.05) is 6.42 Å². The molecule has 0 amide bonds. The van der Waals surface area contributed by atoms with Gasteiger partial charge in [0.2, 0.25) is 0 Å². The van der Waals surface area contributed by atoms with Crippen molar-refractivity contribution in [2.24, 2.45) is 0 Å². The third-order valence-electron chi connectivity index (χ3n) is 5.60. The normalized spacial score (nSPS) is 16.0. The Morgan fingerprint density at radius 3 is 2.43 bits per heavy atom. The molecule has 1 atom stereocenters. The van der Waals surface area contributed by atoms with Gasteiger partial charge in [-0.25, -0.2) is 0 Å². The number of nitrogens with zero attached hydrogens (tertiary/aromatic N) is 2. The molecule has 3 rings (SSSR count). The molecular weight excluding hydrogens is 356 g/mol. The molecule has 6 heteroatoms. The zero-order chi connectivity index (χ0) is 20.3. The van der Waals surface area contributed by atoms with Crippen LogP contribution in [0.25, 0.3) is 0 Å². The first kappa shape index (κ1) is 20.3. The first-order chi connectivity index (χ1) is 13.5. The highest BCUT2D eigenvalue weighted by Crippen LogP contribution is 2.39. The average molecular weight is 386 g/mol. The van der Waals surface area contributed by atoms with Gasteiger partial charge in [0.05, 0.1) is 25.8 Å². The predicted molar refractivity (Wildman–Crippen MR) is 110 cm³/mol. The van der Waals surface area contributed by atoms with Crippen molar-refractivity contribution in [2.45, 2.75) is 45.7 Å². The predicted octanol–water partition coefficient (Wildman–Crippen LogP) is 3.47. The first-order valence-corrected chi connectivity index (χ1v) is 9.91. The molecule has 2 aromatic rings. The lowest BCUT2D eigenvalue weighted by molar-refractivity contribution is 0.180. The van der Waals surface area contributed by atoms with E-state index in [2.05, 4.69) is 4.90 Å². The number of aryl methyl sites for hydroxylation is 1. The first-order valence-electron chi connectivity index (χ1n) is 9.91. The van der Waals surface area contributed by atoms with Crippen LogP contribution in [-0.4, -0.2) is 41.9 Å². The number of aromatic nitrogens is 1. The van der Waals surface area contributed by atoms with Crippen LogP contribution >= 0.6 is 0 Å². The highest BCUT2D eigenvalue weighted by Gasteiger charge is 2.32. The minimum atomic E-state index is -0.368. The number of hydrogen-bond acceptors (Lipinski definition) is 5. The molecule has 1 aromatic carbocycles. The molecule has 1 aliphatic rings. The molecular formula is C22H30N2O4. The van der Waals surface area contributed by atoms with E-state index in [-0.39, 0.29) is 17.4 Å². The van der Waals surface area contributed by atoms with Crippen molar-refractivity contribution in [1.29, 1.82) is 0 Å². The summed E-state index contributed by atoms with van der Waals surface area (Å²) in [5.41, 5.74) is 1.89. The second-order valence-corrected chi connectivity index (χ2v) is 7.24. The van der Waals surface area contributed by atoms with Gasteiger partial charge in [-0.2, -0.15) is 0 Å². The average Bonchev–Trinajstić information content (AvgIpc) is 2.71. The fraction of sp³-hybridized carbons (Fsp3) is 0.500. The number of ether oxygens (including phenoxy) is 2. The lowest BCUT2D eigenvalue weighted by Gasteiger charge is -2.36. The molecule has 0 bridgehead atoms. The molecule has 6 nitrogen and oxygen atoms in total. The number of piperidine rings is 1. The van der Waals surface area contributed by atoms with Crippen molar-refractivity contribution < 1.29 is 14.6 Å². The van der Waals surface area contributed by atoms with Gasteiger partial charge in [0.15, 0.2) is 0 Å². The summed E-state index contributed by atoms with van der Waals surface area (Å²) < 4.78 is 12.7. The maximum Gasteiger partial charge on any atom is 0.259 e. The molecule has 1 saturated heterocycles. The highest BCUT2D eigenvalue weighted by molar-refractivity contribution is 5.49. The van der Waals surface area contributed by atoms with Crippen molar-refractivity contribution in [3.05, 3.63) is 51.4 Å². The van der Waals surface area contributed by atoms with E-state index in [1.165, 1.54) is 6.42 Å². The van der Waals surface area contributed by atoms with Crippen LogP contribution in [0.3, 0.4) is 0 Å².